The first kappa shape index (κ1) is 14.1. The van der Waals surface area contributed by atoms with Gasteiger partial charge in [-0.2, -0.15) is 0 Å². The summed E-state index contributed by atoms with van der Waals surface area (Å²) in [5, 5.41) is 0. The van der Waals surface area contributed by atoms with Crippen molar-refractivity contribution in [3.05, 3.63) is 29.6 Å². The third-order valence-corrected chi connectivity index (χ3v) is 4.17. The van der Waals surface area contributed by atoms with Gasteiger partial charge in [0.15, 0.2) is 9.84 Å². The van der Waals surface area contributed by atoms with Crippen LogP contribution in [-0.4, -0.2) is 19.2 Å². The molecule has 0 spiro atoms. The monoisotopic (exact) mass is 256 g/mol. The Balaban J connectivity index is 2.76. The van der Waals surface area contributed by atoms with E-state index in [9.17, 15) is 8.42 Å². The van der Waals surface area contributed by atoms with E-state index in [1.165, 1.54) is 0 Å². The zero-order chi connectivity index (χ0) is 12.9. The molecular formula is C12H20N2O2S. The minimum absolute atomic E-state index is 0.0418. The van der Waals surface area contributed by atoms with Gasteiger partial charge in [0.05, 0.1) is 17.2 Å². The van der Waals surface area contributed by atoms with E-state index in [0.29, 0.717) is 18.0 Å². The molecule has 0 unspecified atom stereocenters. The zero-order valence-corrected chi connectivity index (χ0v) is 11.2. The SMILES string of the molecule is CC(C)CCS(=O)(=O)Cc1cccnc1CN. The molecule has 5 heteroatoms. The fraction of sp³-hybridized carbons (Fsp3) is 0.583. The molecule has 2 N–H and O–H groups in total. The highest BCUT2D eigenvalue weighted by Crippen LogP contribution is 2.12. The first-order valence-corrected chi connectivity index (χ1v) is 7.60. The van der Waals surface area contributed by atoms with Crippen molar-refractivity contribution in [2.24, 2.45) is 11.7 Å². The van der Waals surface area contributed by atoms with Gasteiger partial charge in [0, 0.05) is 12.7 Å². The molecule has 0 aliphatic heterocycles. The van der Waals surface area contributed by atoms with Gasteiger partial charge in [-0.05, 0) is 24.0 Å². The quantitative estimate of drug-likeness (QED) is 0.837. The Morgan fingerprint density at radius 2 is 2.12 bits per heavy atom. The summed E-state index contributed by atoms with van der Waals surface area (Å²) in [5.41, 5.74) is 6.92. The molecule has 0 aliphatic carbocycles. The summed E-state index contributed by atoms with van der Waals surface area (Å²) in [6.45, 7) is 4.31. The van der Waals surface area contributed by atoms with Gasteiger partial charge < -0.3 is 5.73 Å². The van der Waals surface area contributed by atoms with Crippen molar-refractivity contribution in [1.29, 1.82) is 0 Å². The lowest BCUT2D eigenvalue weighted by molar-refractivity contribution is 0.572. The van der Waals surface area contributed by atoms with Crippen LogP contribution < -0.4 is 5.73 Å². The van der Waals surface area contributed by atoms with Crippen LogP contribution in [0.4, 0.5) is 0 Å². The fourth-order valence-corrected chi connectivity index (χ4v) is 3.22. The molecule has 1 rings (SSSR count). The number of hydrogen-bond acceptors (Lipinski definition) is 4. The Kier molecular flexibility index (Phi) is 5.08. The molecule has 0 amide bonds. The topological polar surface area (TPSA) is 73.0 Å². The molecule has 1 heterocycles. The zero-order valence-electron chi connectivity index (χ0n) is 10.4. The smallest absolute Gasteiger partial charge is 0.154 e. The normalized spacial score (nSPS) is 12.0. The van der Waals surface area contributed by atoms with Crippen LogP contribution in [0, 0.1) is 5.92 Å². The van der Waals surface area contributed by atoms with Crippen molar-refractivity contribution in [2.45, 2.75) is 32.6 Å². The van der Waals surface area contributed by atoms with E-state index < -0.39 is 9.84 Å². The molecule has 0 aliphatic rings. The molecule has 0 bridgehead atoms. The summed E-state index contributed by atoms with van der Waals surface area (Å²) in [7, 11) is -3.06. The highest BCUT2D eigenvalue weighted by molar-refractivity contribution is 7.90. The maximum Gasteiger partial charge on any atom is 0.154 e. The van der Waals surface area contributed by atoms with Gasteiger partial charge in [-0.1, -0.05) is 19.9 Å². The second kappa shape index (κ2) is 6.12. The van der Waals surface area contributed by atoms with Crippen LogP contribution in [0.3, 0.4) is 0 Å². The summed E-state index contributed by atoms with van der Waals surface area (Å²) in [5.74, 6) is 0.663. The van der Waals surface area contributed by atoms with Crippen molar-refractivity contribution in [3.8, 4) is 0 Å². The second-order valence-electron chi connectivity index (χ2n) is 4.59. The average Bonchev–Trinajstić information content (AvgIpc) is 2.27. The molecule has 0 saturated carbocycles. The Bertz CT molecular complexity index is 455. The number of rotatable bonds is 6. The minimum atomic E-state index is -3.06. The fourth-order valence-electron chi connectivity index (χ4n) is 1.51. The molecule has 1 aromatic rings. The van der Waals surface area contributed by atoms with E-state index in [0.717, 1.165) is 5.56 Å². The van der Waals surface area contributed by atoms with Crippen LogP contribution in [0.2, 0.25) is 0 Å². The molecule has 0 saturated heterocycles. The van der Waals surface area contributed by atoms with Crippen LogP contribution in [0.5, 0.6) is 0 Å². The first-order chi connectivity index (χ1) is 7.94. The summed E-state index contributed by atoms with van der Waals surface area (Å²) >= 11 is 0. The number of aromatic nitrogens is 1. The minimum Gasteiger partial charge on any atom is -0.325 e. The molecule has 17 heavy (non-hydrogen) atoms. The molecule has 0 radical (unpaired) electrons. The van der Waals surface area contributed by atoms with E-state index >= 15 is 0 Å². The predicted octanol–water partition coefficient (Wildman–Crippen LogP) is 1.50. The Morgan fingerprint density at radius 1 is 1.41 bits per heavy atom. The molecule has 0 aromatic carbocycles. The number of hydrogen-bond donors (Lipinski definition) is 1. The highest BCUT2D eigenvalue weighted by atomic mass is 32.2. The van der Waals surface area contributed by atoms with Crippen molar-refractivity contribution < 1.29 is 8.42 Å². The van der Waals surface area contributed by atoms with Crippen LogP contribution >= 0.6 is 0 Å². The van der Waals surface area contributed by atoms with Crippen molar-refractivity contribution in [1.82, 2.24) is 4.98 Å². The van der Waals surface area contributed by atoms with Gasteiger partial charge in [-0.25, -0.2) is 8.42 Å². The molecule has 4 nitrogen and oxygen atoms in total. The number of sulfone groups is 1. The van der Waals surface area contributed by atoms with E-state index in [4.69, 9.17) is 5.73 Å². The summed E-state index contributed by atoms with van der Waals surface area (Å²) < 4.78 is 23.8. The Labute approximate surface area is 103 Å². The lowest BCUT2D eigenvalue weighted by Gasteiger charge is -2.09. The number of nitrogens with two attached hydrogens (primary N) is 1. The van der Waals surface area contributed by atoms with Gasteiger partial charge in [0.2, 0.25) is 0 Å². The molecule has 96 valence electrons. The summed E-state index contributed by atoms with van der Waals surface area (Å²) in [6, 6.07) is 3.52. The van der Waals surface area contributed by atoms with Gasteiger partial charge in [-0.3, -0.25) is 4.98 Å². The molecule has 0 fully saturated rings. The van der Waals surface area contributed by atoms with Gasteiger partial charge >= 0.3 is 0 Å². The van der Waals surface area contributed by atoms with Crippen LogP contribution in [0.15, 0.2) is 18.3 Å². The van der Waals surface area contributed by atoms with E-state index in [-0.39, 0.29) is 18.1 Å². The van der Waals surface area contributed by atoms with E-state index in [2.05, 4.69) is 4.98 Å². The molecular weight excluding hydrogens is 236 g/mol. The Hall–Kier alpha value is -0.940. The maximum atomic E-state index is 11.9. The lowest BCUT2D eigenvalue weighted by Crippen LogP contribution is -2.14. The number of pyridine rings is 1. The van der Waals surface area contributed by atoms with Crippen molar-refractivity contribution >= 4 is 9.84 Å². The third-order valence-electron chi connectivity index (χ3n) is 2.56. The summed E-state index contributed by atoms with van der Waals surface area (Å²) in [6.07, 6.45) is 2.33. The standard InChI is InChI=1S/C12H20N2O2S/c1-10(2)5-7-17(15,16)9-11-4-3-6-14-12(11)8-13/h3-4,6,10H,5,7-9,13H2,1-2H3. The molecule has 1 aromatic heterocycles. The number of nitrogens with zero attached hydrogens (tertiary/aromatic N) is 1. The summed E-state index contributed by atoms with van der Waals surface area (Å²) in [4.78, 5) is 4.09. The van der Waals surface area contributed by atoms with Gasteiger partial charge in [0.25, 0.3) is 0 Å². The largest absolute Gasteiger partial charge is 0.325 e. The second-order valence-corrected chi connectivity index (χ2v) is 6.77. The van der Waals surface area contributed by atoms with Crippen molar-refractivity contribution in [2.75, 3.05) is 5.75 Å². The first-order valence-electron chi connectivity index (χ1n) is 5.78. The predicted molar refractivity (Wildman–Crippen MR) is 69.1 cm³/mol. The van der Waals surface area contributed by atoms with Gasteiger partial charge in [-0.15, -0.1) is 0 Å². The molecule has 0 atom stereocenters. The third kappa shape index (κ3) is 4.83. The van der Waals surface area contributed by atoms with E-state index in [1.807, 2.05) is 13.8 Å². The van der Waals surface area contributed by atoms with Crippen LogP contribution in [0.25, 0.3) is 0 Å². The van der Waals surface area contributed by atoms with E-state index in [1.54, 1.807) is 18.3 Å². The van der Waals surface area contributed by atoms with Crippen molar-refractivity contribution in [3.63, 3.8) is 0 Å². The maximum absolute atomic E-state index is 11.9. The average molecular weight is 256 g/mol. The van der Waals surface area contributed by atoms with Gasteiger partial charge in [0.1, 0.15) is 0 Å². The Morgan fingerprint density at radius 3 is 2.71 bits per heavy atom. The lowest BCUT2D eigenvalue weighted by atomic mass is 10.2. The van der Waals surface area contributed by atoms with Crippen LogP contribution in [-0.2, 0) is 22.1 Å². The highest BCUT2D eigenvalue weighted by Gasteiger charge is 2.15. The van der Waals surface area contributed by atoms with Crippen LogP contribution in [0.1, 0.15) is 31.5 Å².